The quantitative estimate of drug-likeness (QED) is 0.852. The average molecular weight is 381 g/mol. The monoisotopic (exact) mass is 381 g/mol. The molecule has 2 aromatic carbocycles. The van der Waals surface area contributed by atoms with Crippen LogP contribution >= 0.6 is 0 Å². The molecule has 0 aliphatic carbocycles. The molecule has 2 heterocycles. The van der Waals surface area contributed by atoms with Crippen molar-refractivity contribution in [1.82, 2.24) is 10.6 Å². The number of aryl methyl sites for hydroxylation is 1. The SMILES string of the molecule is Cc1ccc(CNC(=O)N[C@@H]2CC(=O)N(c3ccc4c(c3)OCCO4)C2)cc1. The topological polar surface area (TPSA) is 79.9 Å². The highest BCUT2D eigenvalue weighted by atomic mass is 16.6. The first kappa shape index (κ1) is 18.2. The maximum Gasteiger partial charge on any atom is 0.315 e. The van der Waals surface area contributed by atoms with Crippen molar-refractivity contribution in [2.75, 3.05) is 24.7 Å². The molecular weight excluding hydrogens is 358 g/mol. The Bertz CT molecular complexity index is 882. The average Bonchev–Trinajstić information content (AvgIpc) is 3.07. The molecule has 1 atom stereocenters. The van der Waals surface area contributed by atoms with Crippen molar-refractivity contribution in [3.8, 4) is 11.5 Å². The van der Waals surface area contributed by atoms with E-state index in [1.165, 1.54) is 5.56 Å². The fourth-order valence-electron chi connectivity index (χ4n) is 3.38. The Hall–Kier alpha value is -3.22. The highest BCUT2D eigenvalue weighted by molar-refractivity contribution is 5.97. The summed E-state index contributed by atoms with van der Waals surface area (Å²) < 4.78 is 11.1. The van der Waals surface area contributed by atoms with Gasteiger partial charge in [-0.25, -0.2) is 4.79 Å². The van der Waals surface area contributed by atoms with E-state index in [0.717, 1.165) is 11.3 Å². The molecule has 28 heavy (non-hydrogen) atoms. The molecule has 0 radical (unpaired) electrons. The van der Waals surface area contributed by atoms with E-state index in [2.05, 4.69) is 10.6 Å². The van der Waals surface area contributed by atoms with Gasteiger partial charge in [0.1, 0.15) is 13.2 Å². The number of fused-ring (bicyclic) bond motifs is 1. The Balaban J connectivity index is 1.33. The van der Waals surface area contributed by atoms with Crippen molar-refractivity contribution in [3.63, 3.8) is 0 Å². The summed E-state index contributed by atoms with van der Waals surface area (Å²) in [6.07, 6.45) is 0.270. The summed E-state index contributed by atoms with van der Waals surface area (Å²) in [6, 6.07) is 12.9. The Morgan fingerprint density at radius 1 is 1.11 bits per heavy atom. The zero-order valence-electron chi connectivity index (χ0n) is 15.7. The zero-order valence-corrected chi connectivity index (χ0v) is 15.7. The number of rotatable bonds is 4. The lowest BCUT2D eigenvalue weighted by atomic mass is 10.1. The molecule has 3 amide bonds. The summed E-state index contributed by atoms with van der Waals surface area (Å²) in [7, 11) is 0. The second-order valence-corrected chi connectivity index (χ2v) is 7.05. The number of hydrogen-bond acceptors (Lipinski definition) is 4. The third-order valence-electron chi connectivity index (χ3n) is 4.87. The fourth-order valence-corrected chi connectivity index (χ4v) is 3.38. The van der Waals surface area contributed by atoms with Gasteiger partial charge in [-0.2, -0.15) is 0 Å². The Labute approximate surface area is 163 Å². The molecule has 2 aliphatic rings. The summed E-state index contributed by atoms with van der Waals surface area (Å²) in [6.45, 7) is 3.91. The van der Waals surface area contributed by atoms with E-state index in [-0.39, 0.29) is 24.4 Å². The van der Waals surface area contributed by atoms with Crippen LogP contribution in [0, 0.1) is 6.92 Å². The number of hydrogen-bond donors (Lipinski definition) is 2. The van der Waals surface area contributed by atoms with Crippen LogP contribution in [0.15, 0.2) is 42.5 Å². The van der Waals surface area contributed by atoms with Gasteiger partial charge in [0.15, 0.2) is 11.5 Å². The van der Waals surface area contributed by atoms with Crippen molar-refractivity contribution >= 4 is 17.6 Å². The van der Waals surface area contributed by atoms with Crippen LogP contribution in [0.4, 0.5) is 10.5 Å². The number of carbonyl (C=O) groups excluding carboxylic acids is 2. The predicted molar refractivity (Wildman–Crippen MR) is 105 cm³/mol. The number of carbonyl (C=O) groups is 2. The van der Waals surface area contributed by atoms with Gasteiger partial charge in [-0.15, -0.1) is 0 Å². The Morgan fingerprint density at radius 2 is 1.86 bits per heavy atom. The molecule has 0 unspecified atom stereocenters. The molecule has 1 fully saturated rings. The number of benzene rings is 2. The van der Waals surface area contributed by atoms with Gasteiger partial charge in [0, 0.05) is 31.3 Å². The molecule has 2 N–H and O–H groups in total. The molecule has 4 rings (SSSR count). The van der Waals surface area contributed by atoms with Gasteiger partial charge in [0.05, 0.1) is 6.04 Å². The summed E-state index contributed by atoms with van der Waals surface area (Å²) in [5.41, 5.74) is 2.96. The summed E-state index contributed by atoms with van der Waals surface area (Å²) in [5, 5.41) is 5.72. The van der Waals surface area contributed by atoms with E-state index in [1.807, 2.05) is 49.4 Å². The van der Waals surface area contributed by atoms with Crippen molar-refractivity contribution in [2.45, 2.75) is 25.9 Å². The molecule has 7 nitrogen and oxygen atoms in total. The highest BCUT2D eigenvalue weighted by Crippen LogP contribution is 2.35. The number of nitrogens with one attached hydrogen (secondary N) is 2. The molecule has 0 aromatic heterocycles. The lowest BCUT2D eigenvalue weighted by Gasteiger charge is -2.22. The van der Waals surface area contributed by atoms with Crippen LogP contribution in [0.5, 0.6) is 11.5 Å². The number of amides is 3. The summed E-state index contributed by atoms with van der Waals surface area (Å²) >= 11 is 0. The van der Waals surface area contributed by atoms with Crippen LogP contribution in [0.1, 0.15) is 17.5 Å². The molecule has 2 aromatic rings. The van der Waals surface area contributed by atoms with Crippen molar-refractivity contribution in [1.29, 1.82) is 0 Å². The molecule has 2 aliphatic heterocycles. The first-order valence-corrected chi connectivity index (χ1v) is 9.38. The van der Waals surface area contributed by atoms with E-state index >= 15 is 0 Å². The maximum absolute atomic E-state index is 12.4. The molecule has 7 heteroatoms. The minimum atomic E-state index is -0.276. The van der Waals surface area contributed by atoms with Crippen molar-refractivity contribution in [2.24, 2.45) is 0 Å². The second kappa shape index (κ2) is 7.80. The maximum atomic E-state index is 12.4. The smallest absolute Gasteiger partial charge is 0.315 e. The van der Waals surface area contributed by atoms with E-state index in [0.29, 0.717) is 37.8 Å². The molecule has 0 spiro atoms. The van der Waals surface area contributed by atoms with Gasteiger partial charge in [0.25, 0.3) is 0 Å². The van der Waals surface area contributed by atoms with Gasteiger partial charge in [-0.3, -0.25) is 4.79 Å². The van der Waals surface area contributed by atoms with Gasteiger partial charge in [0.2, 0.25) is 5.91 Å². The van der Waals surface area contributed by atoms with E-state index in [1.54, 1.807) is 4.90 Å². The first-order chi connectivity index (χ1) is 13.6. The van der Waals surface area contributed by atoms with Gasteiger partial charge >= 0.3 is 6.03 Å². The zero-order chi connectivity index (χ0) is 19.5. The van der Waals surface area contributed by atoms with Gasteiger partial charge in [-0.1, -0.05) is 29.8 Å². The number of urea groups is 1. The lowest BCUT2D eigenvalue weighted by Crippen LogP contribution is -2.43. The summed E-state index contributed by atoms with van der Waals surface area (Å²) in [4.78, 5) is 26.3. The minimum absolute atomic E-state index is 0.0273. The normalized spacial score (nSPS) is 18.1. The van der Waals surface area contributed by atoms with Crippen LogP contribution in [0.2, 0.25) is 0 Å². The van der Waals surface area contributed by atoms with Crippen LogP contribution in [0.3, 0.4) is 0 Å². The Morgan fingerprint density at radius 3 is 2.64 bits per heavy atom. The predicted octanol–water partition coefficient (Wildman–Crippen LogP) is 2.37. The van der Waals surface area contributed by atoms with Crippen LogP contribution in [0.25, 0.3) is 0 Å². The molecular formula is C21H23N3O4. The lowest BCUT2D eigenvalue weighted by molar-refractivity contribution is -0.117. The van der Waals surface area contributed by atoms with Crippen molar-refractivity contribution < 1.29 is 19.1 Å². The summed E-state index contributed by atoms with van der Waals surface area (Å²) in [5.74, 6) is 1.30. The van der Waals surface area contributed by atoms with Crippen LogP contribution < -0.4 is 25.0 Å². The Kier molecular flexibility index (Phi) is 5.06. The van der Waals surface area contributed by atoms with Gasteiger partial charge in [-0.05, 0) is 24.6 Å². The highest BCUT2D eigenvalue weighted by Gasteiger charge is 2.32. The third kappa shape index (κ3) is 4.03. The fraction of sp³-hybridized carbons (Fsp3) is 0.333. The molecule has 0 saturated carbocycles. The molecule has 0 bridgehead atoms. The number of nitrogens with zero attached hydrogens (tertiary/aromatic N) is 1. The van der Waals surface area contributed by atoms with E-state index < -0.39 is 0 Å². The largest absolute Gasteiger partial charge is 0.486 e. The second-order valence-electron chi connectivity index (χ2n) is 7.05. The van der Waals surface area contributed by atoms with Crippen LogP contribution in [-0.4, -0.2) is 37.7 Å². The first-order valence-electron chi connectivity index (χ1n) is 9.38. The standard InChI is InChI=1S/C21H23N3O4/c1-14-2-4-15(5-3-14)12-22-21(26)23-16-10-20(25)24(13-16)17-6-7-18-19(11-17)28-9-8-27-18/h2-7,11,16H,8-10,12-13H2,1H3,(H2,22,23,26)/t16-/m1/s1. The van der Waals surface area contributed by atoms with Crippen molar-refractivity contribution in [3.05, 3.63) is 53.6 Å². The van der Waals surface area contributed by atoms with Crippen LogP contribution in [-0.2, 0) is 11.3 Å². The molecule has 146 valence electrons. The minimum Gasteiger partial charge on any atom is -0.486 e. The number of anilines is 1. The van der Waals surface area contributed by atoms with E-state index in [4.69, 9.17) is 9.47 Å². The molecule has 1 saturated heterocycles. The number of ether oxygens (including phenoxy) is 2. The van der Waals surface area contributed by atoms with E-state index in [9.17, 15) is 9.59 Å². The third-order valence-corrected chi connectivity index (χ3v) is 4.87. The van der Waals surface area contributed by atoms with Gasteiger partial charge < -0.3 is 25.0 Å².